The molecule has 2 heterocycles. The molecule has 1 aromatic rings. The maximum atomic E-state index is 5.48. The first-order chi connectivity index (χ1) is 9.28. The molecule has 0 bridgehead atoms. The third-order valence-electron chi connectivity index (χ3n) is 4.21. The minimum atomic E-state index is 0.342. The average molecular weight is 265 g/mol. The second kappa shape index (κ2) is 5.36. The zero-order chi connectivity index (χ0) is 13.2. The summed E-state index contributed by atoms with van der Waals surface area (Å²) in [5, 5.41) is 0. The lowest BCUT2D eigenvalue weighted by atomic mass is 10.0. The van der Waals surface area contributed by atoms with E-state index in [4.69, 9.17) is 9.47 Å². The van der Waals surface area contributed by atoms with Crippen molar-refractivity contribution in [3.63, 3.8) is 0 Å². The normalized spacial score (nSPS) is 21.6. The fraction of sp³-hybridized carbons (Fsp3) is 0.571. The van der Waals surface area contributed by atoms with Crippen molar-refractivity contribution in [1.82, 2.24) is 4.90 Å². The number of nitrogens with zero attached hydrogens (tertiary/aromatic N) is 1. The highest BCUT2D eigenvalue weighted by molar-refractivity contribution is 5.45. The zero-order valence-corrected chi connectivity index (χ0v) is 11.5. The smallest absolute Gasteiger partial charge is 0.231 e. The first-order valence-electron chi connectivity index (χ1n) is 7.00. The summed E-state index contributed by atoms with van der Waals surface area (Å²) in [6, 6.07) is 6.77. The lowest BCUT2D eigenvalue weighted by molar-refractivity contribution is -0.941. The first kappa shape index (κ1) is 12.7. The van der Waals surface area contributed by atoms with Crippen molar-refractivity contribution in [3.8, 4) is 11.5 Å². The molecule has 0 aliphatic carbocycles. The van der Waals surface area contributed by atoms with Crippen LogP contribution in [0.1, 0.15) is 11.6 Å². The van der Waals surface area contributed by atoms with Crippen LogP contribution in [0.5, 0.6) is 11.5 Å². The Labute approximate surface area is 113 Å². The van der Waals surface area contributed by atoms with Crippen molar-refractivity contribution in [1.29, 1.82) is 0 Å². The largest absolute Gasteiger partial charge is 0.454 e. The minimum Gasteiger partial charge on any atom is -0.454 e. The van der Waals surface area contributed by atoms with E-state index in [9.17, 15) is 0 Å². The van der Waals surface area contributed by atoms with Crippen molar-refractivity contribution < 1.29 is 20.1 Å². The monoisotopic (exact) mass is 265 g/mol. The molecule has 1 aromatic carbocycles. The number of benzene rings is 1. The van der Waals surface area contributed by atoms with Crippen molar-refractivity contribution in [2.75, 3.05) is 46.6 Å². The van der Waals surface area contributed by atoms with Crippen molar-refractivity contribution in [2.45, 2.75) is 6.04 Å². The van der Waals surface area contributed by atoms with Gasteiger partial charge >= 0.3 is 0 Å². The van der Waals surface area contributed by atoms with Crippen LogP contribution < -0.4 is 20.1 Å². The molecular formula is C14H23N3O2+2. The van der Waals surface area contributed by atoms with Gasteiger partial charge in [-0.15, -0.1) is 0 Å². The molecule has 0 aromatic heterocycles. The van der Waals surface area contributed by atoms with Gasteiger partial charge in [0.25, 0.3) is 0 Å². The van der Waals surface area contributed by atoms with E-state index in [1.807, 2.05) is 6.07 Å². The second-order valence-electron chi connectivity index (χ2n) is 5.42. The molecule has 104 valence electrons. The third-order valence-corrected chi connectivity index (χ3v) is 4.21. The highest BCUT2D eigenvalue weighted by Crippen LogP contribution is 2.33. The van der Waals surface area contributed by atoms with Gasteiger partial charge in [0.1, 0.15) is 6.54 Å². The number of likely N-dealkylation sites (N-methyl/N-ethyl adjacent to an activating group) is 1. The van der Waals surface area contributed by atoms with Crippen LogP contribution in [0.25, 0.3) is 0 Å². The molecule has 5 heteroatoms. The molecule has 0 radical (unpaired) electrons. The average Bonchev–Trinajstić information content (AvgIpc) is 2.89. The molecule has 4 N–H and O–H groups in total. The molecule has 1 fully saturated rings. The SMILES string of the molecule is CN1CC[NH+]([C@@H](C[NH3+])c2ccc3c(c2)OCO3)CC1. The molecule has 0 saturated carbocycles. The van der Waals surface area contributed by atoms with Crippen LogP contribution in [0.2, 0.25) is 0 Å². The lowest BCUT2D eigenvalue weighted by Crippen LogP contribution is -3.16. The minimum absolute atomic E-state index is 0.342. The summed E-state index contributed by atoms with van der Waals surface area (Å²) in [4.78, 5) is 4.02. The highest BCUT2D eigenvalue weighted by Gasteiger charge is 2.29. The molecule has 2 aliphatic rings. The van der Waals surface area contributed by atoms with E-state index in [1.54, 1.807) is 4.90 Å². The van der Waals surface area contributed by atoms with Gasteiger partial charge in [0.2, 0.25) is 6.79 Å². The number of piperazine rings is 1. The maximum absolute atomic E-state index is 5.48. The van der Waals surface area contributed by atoms with Crippen LogP contribution in [-0.2, 0) is 0 Å². The van der Waals surface area contributed by atoms with Crippen molar-refractivity contribution in [2.24, 2.45) is 0 Å². The van der Waals surface area contributed by atoms with Crippen LogP contribution in [-0.4, -0.2) is 51.5 Å². The Hall–Kier alpha value is -1.30. The summed E-state index contributed by atoms with van der Waals surface area (Å²) < 4.78 is 10.9. The van der Waals surface area contributed by atoms with Gasteiger partial charge in [-0.1, -0.05) is 0 Å². The van der Waals surface area contributed by atoms with Crippen molar-refractivity contribution in [3.05, 3.63) is 23.8 Å². The van der Waals surface area contributed by atoms with Gasteiger partial charge in [-0.05, 0) is 25.2 Å². The predicted octanol–water partition coefficient (Wildman–Crippen LogP) is -1.47. The molecule has 0 amide bonds. The quantitative estimate of drug-likeness (QED) is 0.701. The van der Waals surface area contributed by atoms with E-state index < -0.39 is 0 Å². The number of rotatable bonds is 3. The maximum Gasteiger partial charge on any atom is 0.231 e. The Kier molecular flexibility index (Phi) is 3.59. The molecule has 1 atom stereocenters. The Balaban J connectivity index is 1.78. The van der Waals surface area contributed by atoms with E-state index >= 15 is 0 Å². The standard InChI is InChI=1S/C14H21N3O2/c1-16-4-6-17(7-5-16)12(9-15)11-2-3-13-14(8-11)19-10-18-13/h2-3,8,12H,4-7,9-10,15H2,1H3/p+2/t12-/m0/s1. The fourth-order valence-corrected chi connectivity index (χ4v) is 2.99. The van der Waals surface area contributed by atoms with E-state index in [0.29, 0.717) is 12.8 Å². The molecule has 19 heavy (non-hydrogen) atoms. The molecule has 0 unspecified atom stereocenters. The zero-order valence-electron chi connectivity index (χ0n) is 11.5. The number of quaternary nitrogens is 2. The van der Waals surface area contributed by atoms with Gasteiger partial charge in [-0.2, -0.15) is 0 Å². The van der Waals surface area contributed by atoms with Gasteiger partial charge < -0.3 is 20.1 Å². The van der Waals surface area contributed by atoms with E-state index in [2.05, 4.69) is 29.8 Å². The van der Waals surface area contributed by atoms with E-state index in [1.165, 1.54) is 18.7 Å². The summed E-state index contributed by atoms with van der Waals surface area (Å²) in [6.45, 7) is 5.96. The van der Waals surface area contributed by atoms with Crippen LogP contribution in [0.4, 0.5) is 0 Å². The van der Waals surface area contributed by atoms with Crippen LogP contribution in [0, 0.1) is 0 Å². The van der Waals surface area contributed by atoms with E-state index in [0.717, 1.165) is 31.1 Å². The predicted molar refractivity (Wildman–Crippen MR) is 71.3 cm³/mol. The second-order valence-corrected chi connectivity index (χ2v) is 5.42. The lowest BCUT2D eigenvalue weighted by Gasteiger charge is -2.34. The third kappa shape index (κ3) is 2.54. The van der Waals surface area contributed by atoms with Crippen molar-refractivity contribution >= 4 is 0 Å². The summed E-state index contributed by atoms with van der Waals surface area (Å²) in [5.41, 5.74) is 5.46. The van der Waals surface area contributed by atoms with Crippen LogP contribution in [0.3, 0.4) is 0 Å². The van der Waals surface area contributed by atoms with Gasteiger partial charge in [-0.25, -0.2) is 0 Å². The van der Waals surface area contributed by atoms with Gasteiger partial charge in [0.05, 0.1) is 13.1 Å². The Morgan fingerprint density at radius 3 is 2.74 bits per heavy atom. The molecule has 2 aliphatic heterocycles. The number of hydrogen-bond donors (Lipinski definition) is 2. The first-order valence-corrected chi connectivity index (χ1v) is 7.00. The summed E-state index contributed by atoms with van der Waals surface area (Å²) in [5.74, 6) is 1.74. The Morgan fingerprint density at radius 2 is 2.00 bits per heavy atom. The molecule has 5 nitrogen and oxygen atoms in total. The molecule has 3 rings (SSSR count). The summed E-state index contributed by atoms with van der Waals surface area (Å²) in [7, 11) is 2.19. The van der Waals surface area contributed by atoms with Gasteiger partial charge in [0.15, 0.2) is 17.5 Å². The van der Waals surface area contributed by atoms with Crippen LogP contribution in [0.15, 0.2) is 18.2 Å². The number of fused-ring (bicyclic) bond motifs is 1. The Morgan fingerprint density at radius 1 is 1.26 bits per heavy atom. The topological polar surface area (TPSA) is 53.8 Å². The van der Waals surface area contributed by atoms with Gasteiger partial charge in [-0.3, -0.25) is 4.90 Å². The number of ether oxygens (including phenoxy) is 2. The summed E-state index contributed by atoms with van der Waals surface area (Å²) >= 11 is 0. The summed E-state index contributed by atoms with van der Waals surface area (Å²) in [6.07, 6.45) is 0. The van der Waals surface area contributed by atoms with E-state index in [-0.39, 0.29) is 0 Å². The van der Waals surface area contributed by atoms with Gasteiger partial charge in [0, 0.05) is 18.7 Å². The fourth-order valence-electron chi connectivity index (χ4n) is 2.99. The highest BCUT2D eigenvalue weighted by atomic mass is 16.7. The molecular weight excluding hydrogens is 242 g/mol. The Bertz CT molecular complexity index is 444. The molecule has 1 saturated heterocycles. The van der Waals surface area contributed by atoms with Crippen LogP contribution >= 0.6 is 0 Å². The number of nitrogens with one attached hydrogen (secondary N) is 1. The number of hydrogen-bond acceptors (Lipinski definition) is 3. The molecule has 0 spiro atoms.